The lowest BCUT2D eigenvalue weighted by Gasteiger charge is -2.23. The second kappa shape index (κ2) is 10.4. The van der Waals surface area contributed by atoms with Crippen LogP contribution in [0.3, 0.4) is 0 Å². The van der Waals surface area contributed by atoms with Crippen molar-refractivity contribution in [2.24, 2.45) is 0 Å². The van der Waals surface area contributed by atoms with Crippen LogP contribution in [0.25, 0.3) is 10.8 Å². The van der Waals surface area contributed by atoms with Crippen LogP contribution in [0, 0.1) is 6.92 Å². The number of carbonyl (C=O) groups is 2. The van der Waals surface area contributed by atoms with Gasteiger partial charge in [0.1, 0.15) is 0 Å². The molecular weight excluding hydrogens is 396 g/mol. The molecule has 0 atom stereocenters. The molecule has 0 spiro atoms. The number of rotatable bonds is 9. The molecule has 31 heavy (non-hydrogen) atoms. The summed E-state index contributed by atoms with van der Waals surface area (Å²) in [5, 5.41) is 10.1. The Kier molecular flexibility index (Phi) is 7.37. The summed E-state index contributed by atoms with van der Waals surface area (Å²) in [5.74, 6) is -0.956. The van der Waals surface area contributed by atoms with Crippen molar-refractivity contribution in [1.82, 2.24) is 15.5 Å². The van der Waals surface area contributed by atoms with Gasteiger partial charge in [0, 0.05) is 30.7 Å². The fourth-order valence-corrected chi connectivity index (χ4v) is 3.32. The first-order chi connectivity index (χ1) is 15.0. The molecular formula is C23H26N4O4. The fraction of sp³-hybridized carbons (Fsp3) is 0.304. The number of aromatic amines is 1. The molecule has 3 rings (SSSR count). The Morgan fingerprint density at radius 3 is 2.65 bits per heavy atom. The minimum Gasteiger partial charge on any atom is -0.455 e. The van der Waals surface area contributed by atoms with Crippen LogP contribution >= 0.6 is 0 Å². The Hall–Kier alpha value is -3.68. The molecule has 162 valence electrons. The molecule has 0 aliphatic rings. The van der Waals surface area contributed by atoms with Gasteiger partial charge in [0.25, 0.3) is 11.5 Å². The molecule has 1 amide bonds. The van der Waals surface area contributed by atoms with E-state index in [9.17, 15) is 14.4 Å². The lowest BCUT2D eigenvalue weighted by Crippen LogP contribution is -2.37. The summed E-state index contributed by atoms with van der Waals surface area (Å²) in [7, 11) is 0. The second-order valence-corrected chi connectivity index (χ2v) is 7.15. The van der Waals surface area contributed by atoms with Gasteiger partial charge in [-0.15, -0.1) is 0 Å². The number of benzene rings is 2. The van der Waals surface area contributed by atoms with Crippen LogP contribution in [0.1, 0.15) is 18.2 Å². The highest BCUT2D eigenvalue weighted by Crippen LogP contribution is 2.15. The third-order valence-electron chi connectivity index (χ3n) is 4.90. The predicted molar refractivity (Wildman–Crippen MR) is 119 cm³/mol. The van der Waals surface area contributed by atoms with Gasteiger partial charge in [-0.1, -0.05) is 30.3 Å². The average Bonchev–Trinajstić information content (AvgIpc) is 2.77. The predicted octanol–water partition coefficient (Wildman–Crippen LogP) is 1.96. The molecule has 8 heteroatoms. The van der Waals surface area contributed by atoms with E-state index in [1.807, 2.05) is 25.1 Å². The molecule has 2 N–H and O–H groups in total. The first-order valence-corrected chi connectivity index (χ1v) is 10.2. The minimum absolute atomic E-state index is 0.137. The van der Waals surface area contributed by atoms with Gasteiger partial charge in [-0.25, -0.2) is 5.10 Å². The van der Waals surface area contributed by atoms with Gasteiger partial charge in [0.2, 0.25) is 0 Å². The number of hydrogen-bond donors (Lipinski definition) is 2. The molecule has 0 saturated carbocycles. The maximum Gasteiger partial charge on any atom is 0.312 e. The summed E-state index contributed by atoms with van der Waals surface area (Å²) in [6.07, 6.45) is -0.137. The summed E-state index contributed by atoms with van der Waals surface area (Å²) in [4.78, 5) is 38.2. The molecule has 0 unspecified atom stereocenters. The maximum atomic E-state index is 12.1. The minimum atomic E-state index is -0.588. The number of aromatic nitrogens is 2. The molecule has 0 aliphatic carbocycles. The number of fused-ring (bicyclic) bond motifs is 1. The SMILES string of the molecule is CCN(CCNC(=O)COC(=O)Cc1n[nH]c(=O)c2ccccc12)c1cccc(C)c1. The largest absolute Gasteiger partial charge is 0.455 e. The Bertz CT molecular complexity index is 1130. The molecule has 0 fully saturated rings. The normalized spacial score (nSPS) is 10.6. The molecule has 1 heterocycles. The van der Waals surface area contributed by atoms with E-state index >= 15 is 0 Å². The molecule has 2 aromatic carbocycles. The smallest absolute Gasteiger partial charge is 0.312 e. The number of likely N-dealkylation sites (N-methyl/N-ethyl adjacent to an activating group) is 1. The van der Waals surface area contributed by atoms with Crippen molar-refractivity contribution < 1.29 is 14.3 Å². The average molecular weight is 422 g/mol. The number of carbonyl (C=O) groups excluding carboxylic acids is 2. The van der Waals surface area contributed by atoms with Gasteiger partial charge >= 0.3 is 5.97 Å². The number of nitrogens with one attached hydrogen (secondary N) is 2. The number of H-pyrrole nitrogens is 1. The van der Waals surface area contributed by atoms with Crippen molar-refractivity contribution in [2.45, 2.75) is 20.3 Å². The number of esters is 1. The lowest BCUT2D eigenvalue weighted by molar-refractivity contribution is -0.147. The van der Waals surface area contributed by atoms with Crippen LogP contribution < -0.4 is 15.8 Å². The Labute approximate surface area is 180 Å². The van der Waals surface area contributed by atoms with Gasteiger partial charge in [-0.05, 0) is 37.6 Å². The van der Waals surface area contributed by atoms with Crippen LogP contribution in [-0.4, -0.2) is 48.3 Å². The van der Waals surface area contributed by atoms with E-state index in [1.165, 1.54) is 5.56 Å². The van der Waals surface area contributed by atoms with Gasteiger partial charge in [-0.3, -0.25) is 14.4 Å². The quantitative estimate of drug-likeness (QED) is 0.511. The van der Waals surface area contributed by atoms with E-state index < -0.39 is 5.97 Å². The molecule has 0 bridgehead atoms. The first-order valence-electron chi connectivity index (χ1n) is 10.2. The number of amides is 1. The molecule has 8 nitrogen and oxygen atoms in total. The lowest BCUT2D eigenvalue weighted by atomic mass is 10.1. The zero-order valence-electron chi connectivity index (χ0n) is 17.7. The number of anilines is 1. The molecule has 0 aliphatic heterocycles. The van der Waals surface area contributed by atoms with Crippen LogP contribution in [0.2, 0.25) is 0 Å². The summed E-state index contributed by atoms with van der Waals surface area (Å²) < 4.78 is 5.07. The van der Waals surface area contributed by atoms with Gasteiger partial charge < -0.3 is 15.0 Å². The topological polar surface area (TPSA) is 104 Å². The number of hydrogen-bond acceptors (Lipinski definition) is 6. The Morgan fingerprint density at radius 2 is 1.90 bits per heavy atom. The van der Waals surface area contributed by atoms with Gasteiger partial charge in [-0.2, -0.15) is 5.10 Å². The maximum absolute atomic E-state index is 12.1. The van der Waals surface area contributed by atoms with Crippen molar-refractivity contribution >= 4 is 28.3 Å². The van der Waals surface area contributed by atoms with Crippen molar-refractivity contribution in [2.75, 3.05) is 31.1 Å². The third-order valence-corrected chi connectivity index (χ3v) is 4.90. The van der Waals surface area contributed by atoms with Gasteiger partial charge in [0.05, 0.1) is 17.5 Å². The van der Waals surface area contributed by atoms with E-state index in [2.05, 4.69) is 33.4 Å². The van der Waals surface area contributed by atoms with E-state index in [-0.39, 0.29) is 24.5 Å². The van der Waals surface area contributed by atoms with E-state index in [0.29, 0.717) is 29.6 Å². The summed E-state index contributed by atoms with van der Waals surface area (Å²) in [5.41, 5.74) is 2.36. The molecule has 0 radical (unpaired) electrons. The van der Waals surface area contributed by atoms with Crippen molar-refractivity contribution in [1.29, 1.82) is 0 Å². The number of aryl methyl sites for hydroxylation is 1. The Morgan fingerprint density at radius 1 is 1.13 bits per heavy atom. The molecule has 0 saturated heterocycles. The second-order valence-electron chi connectivity index (χ2n) is 7.15. The third kappa shape index (κ3) is 5.91. The summed E-state index contributed by atoms with van der Waals surface area (Å²) in [6.45, 7) is 5.63. The zero-order chi connectivity index (χ0) is 22.2. The van der Waals surface area contributed by atoms with E-state index in [1.54, 1.807) is 24.3 Å². The highest BCUT2D eigenvalue weighted by atomic mass is 16.5. The van der Waals surface area contributed by atoms with Crippen LogP contribution in [0.15, 0.2) is 53.3 Å². The van der Waals surface area contributed by atoms with Crippen LogP contribution in [0.4, 0.5) is 5.69 Å². The monoisotopic (exact) mass is 422 g/mol. The van der Waals surface area contributed by atoms with Crippen molar-refractivity contribution in [3.05, 3.63) is 70.1 Å². The van der Waals surface area contributed by atoms with Crippen molar-refractivity contribution in [3.63, 3.8) is 0 Å². The van der Waals surface area contributed by atoms with Crippen LogP contribution in [-0.2, 0) is 20.7 Å². The molecule has 3 aromatic rings. The number of ether oxygens (including phenoxy) is 1. The van der Waals surface area contributed by atoms with Crippen molar-refractivity contribution in [3.8, 4) is 0 Å². The Balaban J connectivity index is 1.46. The standard InChI is InChI=1S/C23H26N4O4/c1-3-27(17-8-6-7-16(2)13-17)12-11-24-21(28)15-31-22(29)14-20-18-9-4-5-10-19(18)23(30)26-25-20/h4-10,13H,3,11-12,14-15H2,1-2H3,(H,24,28)(H,26,30). The zero-order valence-corrected chi connectivity index (χ0v) is 17.7. The molecule has 1 aromatic heterocycles. The first kappa shape index (κ1) is 22.0. The van der Waals surface area contributed by atoms with Crippen LogP contribution in [0.5, 0.6) is 0 Å². The number of nitrogens with zero attached hydrogens (tertiary/aromatic N) is 2. The fourth-order valence-electron chi connectivity index (χ4n) is 3.32. The van der Waals surface area contributed by atoms with E-state index in [4.69, 9.17) is 4.74 Å². The van der Waals surface area contributed by atoms with E-state index in [0.717, 1.165) is 12.2 Å². The van der Waals surface area contributed by atoms with Gasteiger partial charge in [0.15, 0.2) is 6.61 Å². The summed E-state index contributed by atoms with van der Waals surface area (Å²) in [6, 6.07) is 15.1. The highest BCUT2D eigenvalue weighted by molar-refractivity contribution is 5.87. The summed E-state index contributed by atoms with van der Waals surface area (Å²) >= 11 is 0. The highest BCUT2D eigenvalue weighted by Gasteiger charge is 2.13.